The quantitative estimate of drug-likeness (QED) is 0.852. The lowest BCUT2D eigenvalue weighted by molar-refractivity contribution is 0.199. The van der Waals surface area contributed by atoms with Crippen LogP contribution >= 0.6 is 15.9 Å². The van der Waals surface area contributed by atoms with E-state index < -0.39 is 0 Å². The molecule has 2 aromatic heterocycles. The fraction of sp³-hybridized carbons (Fsp3) is 0.600. The van der Waals surface area contributed by atoms with E-state index in [1.54, 1.807) is 0 Å². The highest BCUT2D eigenvalue weighted by Gasteiger charge is 2.32. The lowest BCUT2D eigenvalue weighted by atomic mass is 9.74. The molecule has 0 atom stereocenters. The Morgan fingerprint density at radius 3 is 2.60 bits per heavy atom. The first kappa shape index (κ1) is 13.9. The molecule has 5 heteroatoms. The van der Waals surface area contributed by atoms with Gasteiger partial charge in [0.05, 0.1) is 0 Å². The smallest absolute Gasteiger partial charge is 0.180 e. The summed E-state index contributed by atoms with van der Waals surface area (Å²) in [5.74, 6) is 1.00. The molecule has 1 aliphatic rings. The normalized spacial score (nSPS) is 18.6. The summed E-state index contributed by atoms with van der Waals surface area (Å²) in [5.41, 5.74) is 1.49. The minimum absolute atomic E-state index is 0.536. The molecule has 1 fully saturated rings. The van der Waals surface area contributed by atoms with Gasteiger partial charge in [0, 0.05) is 31.7 Å². The number of anilines is 1. The van der Waals surface area contributed by atoms with E-state index in [0.29, 0.717) is 5.41 Å². The molecule has 3 heterocycles. The number of fused-ring (bicyclic) bond motifs is 1. The molecule has 0 aliphatic carbocycles. The predicted octanol–water partition coefficient (Wildman–Crippen LogP) is 3.90. The van der Waals surface area contributed by atoms with Gasteiger partial charge in [0.2, 0.25) is 0 Å². The summed E-state index contributed by atoms with van der Waals surface area (Å²) in [6.45, 7) is 6.80. The Labute approximate surface area is 128 Å². The Hall–Kier alpha value is -1.10. The molecule has 3 rings (SSSR count). The van der Waals surface area contributed by atoms with Gasteiger partial charge in [0.1, 0.15) is 4.60 Å². The van der Waals surface area contributed by atoms with Crippen molar-refractivity contribution in [1.82, 2.24) is 14.4 Å². The fourth-order valence-corrected chi connectivity index (χ4v) is 3.64. The molecule has 1 aliphatic heterocycles. The van der Waals surface area contributed by atoms with Crippen LogP contribution in [0.1, 0.15) is 39.5 Å². The highest BCUT2D eigenvalue weighted by molar-refractivity contribution is 9.10. The summed E-state index contributed by atoms with van der Waals surface area (Å²) in [4.78, 5) is 11.5. The van der Waals surface area contributed by atoms with Gasteiger partial charge in [-0.25, -0.2) is 9.97 Å². The van der Waals surface area contributed by atoms with Gasteiger partial charge in [-0.05, 0) is 34.2 Å². The van der Waals surface area contributed by atoms with Crippen molar-refractivity contribution in [2.24, 2.45) is 5.41 Å². The molecule has 0 radical (unpaired) electrons. The summed E-state index contributed by atoms with van der Waals surface area (Å²) in [6, 6.07) is 0. The Morgan fingerprint density at radius 1 is 1.25 bits per heavy atom. The van der Waals surface area contributed by atoms with Crippen LogP contribution in [-0.4, -0.2) is 27.5 Å². The van der Waals surface area contributed by atoms with Crippen molar-refractivity contribution in [3.05, 3.63) is 23.2 Å². The number of hydrogen-bond acceptors (Lipinski definition) is 3. The first-order chi connectivity index (χ1) is 9.67. The van der Waals surface area contributed by atoms with E-state index in [4.69, 9.17) is 0 Å². The monoisotopic (exact) mass is 336 g/mol. The Morgan fingerprint density at radius 2 is 1.95 bits per heavy atom. The molecule has 0 N–H and O–H groups in total. The van der Waals surface area contributed by atoms with E-state index in [0.717, 1.165) is 29.2 Å². The van der Waals surface area contributed by atoms with E-state index in [2.05, 4.69) is 44.6 Å². The Balaban J connectivity index is 1.88. The van der Waals surface area contributed by atoms with Gasteiger partial charge < -0.3 is 9.30 Å². The van der Waals surface area contributed by atoms with E-state index in [1.165, 1.54) is 25.7 Å². The van der Waals surface area contributed by atoms with Crippen LogP contribution in [0.3, 0.4) is 0 Å². The van der Waals surface area contributed by atoms with Crippen LogP contribution in [0.5, 0.6) is 0 Å². The number of imidazole rings is 1. The van der Waals surface area contributed by atoms with Crippen LogP contribution in [0.2, 0.25) is 0 Å². The molecule has 4 nitrogen and oxygen atoms in total. The maximum absolute atomic E-state index is 4.66. The zero-order chi connectivity index (χ0) is 14.2. The second-order valence-electron chi connectivity index (χ2n) is 5.74. The van der Waals surface area contributed by atoms with Gasteiger partial charge >= 0.3 is 0 Å². The van der Waals surface area contributed by atoms with Crippen LogP contribution in [0.15, 0.2) is 23.2 Å². The van der Waals surface area contributed by atoms with E-state index in [-0.39, 0.29) is 0 Å². The zero-order valence-corrected chi connectivity index (χ0v) is 13.7. The average molecular weight is 337 g/mol. The lowest BCUT2D eigenvalue weighted by Crippen LogP contribution is -2.40. The molecule has 1 saturated heterocycles. The number of piperidine rings is 1. The van der Waals surface area contributed by atoms with Gasteiger partial charge in [0.15, 0.2) is 11.5 Å². The third-order valence-electron chi connectivity index (χ3n) is 4.95. The van der Waals surface area contributed by atoms with E-state index in [9.17, 15) is 0 Å². The molecule has 0 amide bonds. The summed E-state index contributed by atoms with van der Waals surface area (Å²) >= 11 is 3.50. The maximum atomic E-state index is 4.66. The minimum atomic E-state index is 0.536. The van der Waals surface area contributed by atoms with Crippen LogP contribution in [0, 0.1) is 5.41 Å². The zero-order valence-electron chi connectivity index (χ0n) is 12.1. The molecule has 20 heavy (non-hydrogen) atoms. The summed E-state index contributed by atoms with van der Waals surface area (Å²) in [6.07, 6.45) is 10.8. The number of halogens is 1. The third-order valence-corrected chi connectivity index (χ3v) is 5.33. The molecule has 0 saturated carbocycles. The average Bonchev–Trinajstić information content (AvgIpc) is 2.94. The Kier molecular flexibility index (Phi) is 3.71. The predicted molar refractivity (Wildman–Crippen MR) is 85.1 cm³/mol. The van der Waals surface area contributed by atoms with Crippen LogP contribution in [0.4, 0.5) is 5.82 Å². The van der Waals surface area contributed by atoms with Gasteiger partial charge in [-0.3, -0.25) is 0 Å². The minimum Gasteiger partial charge on any atom is -0.353 e. The lowest BCUT2D eigenvalue weighted by Gasteiger charge is -2.41. The molecule has 0 unspecified atom stereocenters. The topological polar surface area (TPSA) is 33.4 Å². The largest absolute Gasteiger partial charge is 0.353 e. The summed E-state index contributed by atoms with van der Waals surface area (Å²) < 4.78 is 2.90. The van der Waals surface area contributed by atoms with Crippen molar-refractivity contribution < 1.29 is 0 Å². The van der Waals surface area contributed by atoms with Gasteiger partial charge in [-0.1, -0.05) is 26.7 Å². The van der Waals surface area contributed by atoms with Crippen LogP contribution < -0.4 is 4.90 Å². The van der Waals surface area contributed by atoms with Crippen molar-refractivity contribution in [2.75, 3.05) is 18.0 Å². The Bertz CT molecular complexity index is 593. The number of nitrogens with zero attached hydrogens (tertiary/aromatic N) is 4. The maximum Gasteiger partial charge on any atom is 0.180 e. The van der Waals surface area contributed by atoms with Crippen LogP contribution in [-0.2, 0) is 0 Å². The van der Waals surface area contributed by atoms with E-state index in [1.807, 2.05) is 23.0 Å². The van der Waals surface area contributed by atoms with Crippen LogP contribution in [0.25, 0.3) is 5.65 Å². The standard InChI is InChI=1S/C15H21BrN4/c1-3-15(4-2)5-8-19(9-6-15)14-13-17-7-10-20(13)11-12(16)18-14/h7,10-11H,3-6,8-9H2,1-2H3. The first-order valence-electron chi connectivity index (χ1n) is 7.41. The first-order valence-corrected chi connectivity index (χ1v) is 8.21. The molecular weight excluding hydrogens is 316 g/mol. The molecular formula is C15H21BrN4. The van der Waals surface area contributed by atoms with E-state index >= 15 is 0 Å². The van der Waals surface area contributed by atoms with Gasteiger partial charge in [-0.15, -0.1) is 0 Å². The summed E-state index contributed by atoms with van der Waals surface area (Å²) in [7, 11) is 0. The van der Waals surface area contributed by atoms with Crippen molar-refractivity contribution in [2.45, 2.75) is 39.5 Å². The number of aromatic nitrogens is 3. The fourth-order valence-electron chi connectivity index (χ4n) is 3.25. The molecule has 0 bridgehead atoms. The SMILES string of the molecule is CCC1(CC)CCN(c2nc(Br)cn3ccnc23)CC1. The number of rotatable bonds is 3. The molecule has 108 valence electrons. The van der Waals surface area contributed by atoms with Crippen molar-refractivity contribution >= 4 is 27.4 Å². The number of hydrogen-bond donors (Lipinski definition) is 0. The second kappa shape index (κ2) is 5.35. The molecule has 0 spiro atoms. The van der Waals surface area contributed by atoms with Crippen molar-refractivity contribution in [3.63, 3.8) is 0 Å². The highest BCUT2D eigenvalue weighted by atomic mass is 79.9. The highest BCUT2D eigenvalue weighted by Crippen LogP contribution is 2.39. The second-order valence-corrected chi connectivity index (χ2v) is 6.55. The summed E-state index contributed by atoms with van der Waals surface area (Å²) in [5, 5.41) is 0. The molecule has 2 aromatic rings. The molecule has 0 aromatic carbocycles. The van der Waals surface area contributed by atoms with Gasteiger partial charge in [-0.2, -0.15) is 0 Å². The third kappa shape index (κ3) is 2.32. The van der Waals surface area contributed by atoms with Crippen molar-refractivity contribution in [3.8, 4) is 0 Å². The van der Waals surface area contributed by atoms with Crippen molar-refractivity contribution in [1.29, 1.82) is 0 Å². The van der Waals surface area contributed by atoms with Gasteiger partial charge in [0.25, 0.3) is 0 Å².